The van der Waals surface area contributed by atoms with Crippen molar-refractivity contribution in [1.29, 1.82) is 0 Å². The zero-order valence-corrected chi connectivity index (χ0v) is 91.5. The predicted octanol–water partition coefficient (Wildman–Crippen LogP) is 12.8. The molecule has 2 unspecified atom stereocenters. The number of hydrogen-bond donors (Lipinski definition) is 1. The Morgan fingerprint density at radius 2 is 0.686 bits per heavy atom. The highest BCUT2D eigenvalue weighted by molar-refractivity contribution is 8.80. The van der Waals surface area contributed by atoms with Crippen molar-refractivity contribution in [2.24, 2.45) is 35.5 Å². The van der Waals surface area contributed by atoms with Gasteiger partial charge in [0.05, 0.1) is 101 Å². The Hall–Kier alpha value is 2.32. The molecule has 666 valence electrons. The van der Waals surface area contributed by atoms with Crippen LogP contribution in [0.5, 0.6) is 11.5 Å². The van der Waals surface area contributed by atoms with Gasteiger partial charge in [-0.1, -0.05) is 147 Å². The van der Waals surface area contributed by atoms with E-state index in [4.69, 9.17) is 79.2 Å². The summed E-state index contributed by atoms with van der Waals surface area (Å²) in [6, 6.07) is 35.1. The van der Waals surface area contributed by atoms with Crippen molar-refractivity contribution in [3.8, 4) is 11.5 Å². The second-order valence-corrected chi connectivity index (χ2v) is 82.1. The summed E-state index contributed by atoms with van der Waals surface area (Å²) in [5, 5.41) is 9.51. The van der Waals surface area contributed by atoms with Crippen molar-refractivity contribution >= 4 is 310 Å². The minimum Gasteiger partial charge on any atom is -0.497 e. The van der Waals surface area contributed by atoms with E-state index >= 15 is 0 Å². The largest absolute Gasteiger partial charge is 0.497 e. The van der Waals surface area contributed by atoms with Crippen LogP contribution in [0.25, 0.3) is 0 Å². The number of esters is 2. The molecule has 0 amide bonds. The van der Waals surface area contributed by atoms with Gasteiger partial charge in [0.15, 0.2) is 11.6 Å². The van der Waals surface area contributed by atoms with Crippen LogP contribution >= 0.6 is 0 Å². The molecule has 0 aliphatic carbocycles. The van der Waals surface area contributed by atoms with Gasteiger partial charge in [0.25, 0.3) is 0 Å². The lowest BCUT2D eigenvalue weighted by Crippen LogP contribution is -2.62. The molecule has 15 nitrogen and oxygen atoms in total. The molecule has 10 rings (SSSR count). The van der Waals surface area contributed by atoms with Crippen molar-refractivity contribution in [3.05, 3.63) is 131 Å². The Kier molecular flexibility index (Phi) is 57.0. The maximum absolute atomic E-state index is 13.2. The van der Waals surface area contributed by atoms with Crippen LogP contribution in [0.1, 0.15) is 149 Å². The smallest absolute Gasteiger partial charge is 0.308 e. The lowest BCUT2D eigenvalue weighted by atomic mass is 9.76. The topological polar surface area (TPSA) is 165 Å². The summed E-state index contributed by atoms with van der Waals surface area (Å²) in [4.78, 5) is 26.3. The van der Waals surface area contributed by atoms with E-state index in [1.807, 2.05) is 260 Å². The molecular weight excluding hydrogens is 2140 g/mol. The number of carbonyl (C=O) groups is 2. The van der Waals surface area contributed by atoms with Crippen LogP contribution in [0.15, 0.2) is 109 Å². The van der Waals surface area contributed by atoms with Gasteiger partial charge in [-0.25, -0.2) is 0 Å². The maximum atomic E-state index is 13.2. The summed E-state index contributed by atoms with van der Waals surface area (Å²) in [7, 11) is 57.9. The Balaban J connectivity index is 0.000000246. The summed E-state index contributed by atoms with van der Waals surface area (Å²) in [5.74, 6) is 0.751. The van der Waals surface area contributed by atoms with Crippen LogP contribution in [0, 0.1) is 35.5 Å². The fourth-order valence-corrected chi connectivity index (χ4v) is 94.0. The van der Waals surface area contributed by atoms with Crippen molar-refractivity contribution in [2.75, 3.05) is 20.8 Å². The van der Waals surface area contributed by atoms with Gasteiger partial charge in [-0.05, 0) is 108 Å². The molecule has 0 aromatic heterocycles. The number of hydrogen-bond acceptors (Lipinski definition) is 17. The summed E-state index contributed by atoms with van der Waals surface area (Å²) < 4.78 is 75.3. The monoisotopic (exact) mass is 2230 g/mol. The summed E-state index contributed by atoms with van der Waals surface area (Å²) in [5.41, 5.74) is 3.95. The van der Waals surface area contributed by atoms with E-state index in [1.165, 1.54) is 17.8 Å². The second kappa shape index (κ2) is 62.6. The molecular formula is C70H98O15S33. The molecule has 6 heterocycles. The van der Waals surface area contributed by atoms with Crippen LogP contribution in [0.3, 0.4) is 0 Å². The van der Waals surface area contributed by atoms with E-state index in [0.29, 0.717) is 44.8 Å². The SMILES string of the molecule is C.CCCC1O[C@@H]2[C@H](C[C@H]1C)O[C@]1(C[C@H](C)[C@H](OCc3ccc(OC)cc3)[C@H](CC(=O)OCc3ccccc3)O1)C[C@@H]2C.COc1ccc(CO[C@@H]2[C@H](CC(=O)OCc3ccccc3)O[C@@]3(C[C@@H]2C)C[C@H](C)[C@@H]2OC(CCO)[C@H](C)C[C@@H]2O3)cc1.S=S=S=S=S=S=S=S=S=S=S=S=S=S=S=S=S=S=S=S=S=S=S=S=S=S=S=S=S=S=S=S=S. The first-order chi connectivity index (χ1) is 57.0. The zero-order chi connectivity index (χ0) is 83.3. The number of benzene rings is 4. The fourth-order valence-electron chi connectivity index (χ4n) is 14.4. The summed E-state index contributed by atoms with van der Waals surface area (Å²) in [6.07, 6.45) is 6.18. The van der Waals surface area contributed by atoms with Gasteiger partial charge in [0, 0.05) is 330 Å². The van der Waals surface area contributed by atoms with E-state index in [2.05, 4.69) is 48.5 Å². The fraction of sp³-hybridized carbons (Fsp3) is 0.629. The maximum Gasteiger partial charge on any atom is 0.308 e. The predicted molar refractivity (Wildman–Crippen MR) is 566 cm³/mol. The Labute approximate surface area is 794 Å². The molecule has 6 aliphatic heterocycles. The normalized spacial score (nSPS) is 26.7. The summed E-state index contributed by atoms with van der Waals surface area (Å²) in [6.45, 7) is 16.8. The Morgan fingerprint density at radius 1 is 0.390 bits per heavy atom. The first-order valence-corrected chi connectivity index (χ1v) is 79.1. The lowest BCUT2D eigenvalue weighted by molar-refractivity contribution is -0.376. The molecule has 0 saturated carbocycles. The number of rotatable bonds is 20. The van der Waals surface area contributed by atoms with Gasteiger partial charge in [-0.15, -0.1) is 0 Å². The highest BCUT2D eigenvalue weighted by Gasteiger charge is 2.57. The molecule has 6 saturated heterocycles. The van der Waals surface area contributed by atoms with Crippen molar-refractivity contribution in [3.63, 3.8) is 0 Å². The zero-order valence-electron chi connectivity index (χ0n) is 64.6. The summed E-state index contributed by atoms with van der Waals surface area (Å²) >= 11 is 9.59. The van der Waals surface area contributed by atoms with Crippen molar-refractivity contribution in [1.82, 2.24) is 0 Å². The highest BCUT2D eigenvalue weighted by atomic mass is 33.5. The van der Waals surface area contributed by atoms with E-state index in [1.54, 1.807) is 121 Å². The number of aliphatic hydroxyl groups is 1. The molecule has 118 heavy (non-hydrogen) atoms. The van der Waals surface area contributed by atoms with Gasteiger partial charge in [-0.2, -0.15) is 0 Å². The number of aliphatic hydroxyl groups excluding tert-OH is 1. The Bertz CT molecular complexity index is 5100. The lowest BCUT2D eigenvalue weighted by Gasteiger charge is -2.56. The third-order valence-electron chi connectivity index (χ3n) is 19.1. The molecule has 0 radical (unpaired) electrons. The molecule has 4 aromatic rings. The molecule has 0 bridgehead atoms. The van der Waals surface area contributed by atoms with Crippen LogP contribution in [-0.2, 0) is 381 Å². The second-order valence-electron chi connectivity index (χ2n) is 27.2. The van der Waals surface area contributed by atoms with Crippen LogP contribution in [-0.4, -0.2) is 110 Å². The standard InChI is InChI=1S/C35H48O7.C34H46O8.CH4.S33/c1-6-10-29-23(2)17-30-34(40-29)25(4)20-35(41-30)19-24(3)33(39-22-27-13-15-28(37-5)16-14-27)31(42-35)18-32(36)38-21-26-11-8-7-9-12-26;1-22-16-29-33(40-28(22)14-15-35)24(3)19-34(41-29)18-23(2)32(39-21-26-10-12-27(37-4)13-11-26)30(42-34)17-31(36)38-20-25-8-6-5-7-9-25;;1-3-5-7-9-11-13-15-17-19-21-23-25-27-29-31-33-32-30-28-26-24-22-20-18-16-14-12-10-8-6-4-2/h7-9,11-16,23-25,29-31,33-34H,6,10,17-22H2,1-5H3;5-13,22-24,28-30,32-33,35H,14-21H2,1-4H3;1H4;/t23-,24+,25+,29?,30+,31+,33+,34+,35+;22-,23+,24+,28?,29+,30+,32+,33+,34+;;/m11../s1. The highest BCUT2D eigenvalue weighted by Crippen LogP contribution is 2.51. The van der Waals surface area contributed by atoms with Crippen LogP contribution in [0.4, 0.5) is 0 Å². The average Bonchev–Trinajstić information content (AvgIpc) is 0.753. The van der Waals surface area contributed by atoms with Crippen LogP contribution < -0.4 is 9.47 Å². The van der Waals surface area contributed by atoms with Gasteiger partial charge < -0.3 is 61.9 Å². The number of carbonyl (C=O) groups excluding carboxylic acids is 2. The first kappa shape index (κ1) is 107. The van der Waals surface area contributed by atoms with Gasteiger partial charge >= 0.3 is 11.9 Å². The minimum atomic E-state index is -0.822. The number of fused-ring (bicyclic) bond motifs is 2. The van der Waals surface area contributed by atoms with Gasteiger partial charge in [-0.3, -0.25) is 9.59 Å². The molecule has 4 aromatic carbocycles. The average molecular weight is 2240 g/mol. The quantitative estimate of drug-likeness (QED) is 0.0830. The van der Waals surface area contributed by atoms with Crippen LogP contribution in [0.2, 0.25) is 0 Å². The minimum absolute atomic E-state index is 0. The van der Waals surface area contributed by atoms with Gasteiger partial charge in [0.2, 0.25) is 0 Å². The molecule has 6 fully saturated rings. The van der Waals surface area contributed by atoms with Crippen molar-refractivity contribution in [2.45, 2.75) is 226 Å². The molecule has 1 N–H and O–H groups in total. The number of ether oxygens (including phenoxy) is 12. The van der Waals surface area contributed by atoms with E-state index < -0.39 is 23.8 Å². The third kappa shape index (κ3) is 39.8. The molecule has 2 spiro atoms. The van der Waals surface area contributed by atoms with Crippen molar-refractivity contribution < 1.29 is 71.5 Å². The Morgan fingerprint density at radius 3 is 0.983 bits per heavy atom. The first-order valence-electron chi connectivity index (χ1n) is 36.4. The van der Waals surface area contributed by atoms with E-state index in [9.17, 15) is 14.7 Å². The van der Waals surface area contributed by atoms with Gasteiger partial charge in [0.1, 0.15) is 24.7 Å². The van der Waals surface area contributed by atoms with E-state index in [0.717, 1.165) is 65.9 Å². The molecule has 6 aliphatic rings. The third-order valence-corrected chi connectivity index (χ3v) is 85.8. The molecule has 48 heteroatoms. The molecule has 18 atom stereocenters. The van der Waals surface area contributed by atoms with E-state index in [-0.39, 0.29) is 130 Å². The number of methoxy groups -OCH3 is 2.